The van der Waals surface area contributed by atoms with Crippen LogP contribution < -0.4 is 5.32 Å². The van der Waals surface area contributed by atoms with Gasteiger partial charge in [0.2, 0.25) is 0 Å². The monoisotopic (exact) mass is 453 g/mol. The van der Waals surface area contributed by atoms with E-state index in [1.54, 1.807) is 17.2 Å². The lowest BCUT2D eigenvalue weighted by Gasteiger charge is -2.29. The van der Waals surface area contributed by atoms with Crippen LogP contribution in [0.2, 0.25) is 0 Å². The molecule has 5 rings (SSSR count). The van der Waals surface area contributed by atoms with Gasteiger partial charge in [-0.15, -0.1) is 0 Å². The number of rotatable bonds is 5. The Labute approximate surface area is 198 Å². The third-order valence-electron chi connectivity index (χ3n) is 6.21. The van der Waals surface area contributed by atoms with E-state index in [9.17, 15) is 9.59 Å². The third-order valence-corrected chi connectivity index (χ3v) is 6.21. The van der Waals surface area contributed by atoms with Crippen molar-refractivity contribution >= 4 is 17.5 Å². The van der Waals surface area contributed by atoms with Gasteiger partial charge < -0.3 is 19.8 Å². The molecule has 0 fully saturated rings. The molecule has 7 nitrogen and oxygen atoms in total. The molecule has 2 amide bonds. The number of carbonyl (C=O) groups is 2. The molecule has 0 radical (unpaired) electrons. The number of hydrogen-bond donors (Lipinski definition) is 2. The number of anilines is 1. The first-order chi connectivity index (χ1) is 16.5. The van der Waals surface area contributed by atoms with Crippen LogP contribution in [-0.4, -0.2) is 37.8 Å². The summed E-state index contributed by atoms with van der Waals surface area (Å²) in [5.41, 5.74) is 5.84. The maximum Gasteiger partial charge on any atom is 0.276 e. The lowest BCUT2D eigenvalue weighted by molar-refractivity contribution is 0.0702. The van der Waals surface area contributed by atoms with E-state index in [0.29, 0.717) is 43.1 Å². The number of fused-ring (bicyclic) bond motifs is 1. The fraction of sp³-hybridized carbons (Fsp3) is 0.222. The fourth-order valence-electron chi connectivity index (χ4n) is 4.28. The Morgan fingerprint density at radius 3 is 2.35 bits per heavy atom. The van der Waals surface area contributed by atoms with Crippen LogP contribution in [0.3, 0.4) is 0 Å². The zero-order valence-corrected chi connectivity index (χ0v) is 19.3. The molecule has 2 aromatic carbocycles. The maximum absolute atomic E-state index is 13.3. The van der Waals surface area contributed by atoms with Crippen LogP contribution in [0.4, 0.5) is 5.69 Å². The molecular formula is C27H27N5O2. The molecule has 0 spiro atoms. The maximum atomic E-state index is 13.3. The number of aryl methyl sites for hydroxylation is 2. The summed E-state index contributed by atoms with van der Waals surface area (Å²) in [6.07, 6.45) is 2.36. The van der Waals surface area contributed by atoms with Gasteiger partial charge in [0.25, 0.3) is 11.8 Å². The Kier molecular flexibility index (Phi) is 5.76. The van der Waals surface area contributed by atoms with Gasteiger partial charge in [-0.1, -0.05) is 47.5 Å². The number of nitrogens with one attached hydrogen (secondary N) is 2. The Bertz CT molecular complexity index is 1320. The van der Waals surface area contributed by atoms with Gasteiger partial charge in [0.1, 0.15) is 11.5 Å². The van der Waals surface area contributed by atoms with Crippen LogP contribution in [0, 0.1) is 13.8 Å². The molecule has 172 valence electrons. The number of H-pyrrole nitrogens is 1. The van der Waals surface area contributed by atoms with Gasteiger partial charge in [0.15, 0.2) is 5.69 Å². The van der Waals surface area contributed by atoms with Gasteiger partial charge in [0.05, 0.1) is 12.2 Å². The largest absolute Gasteiger partial charge is 0.357 e. The van der Waals surface area contributed by atoms with Crippen molar-refractivity contribution in [2.24, 2.45) is 0 Å². The normalized spacial score (nSPS) is 12.9. The van der Waals surface area contributed by atoms with Gasteiger partial charge >= 0.3 is 0 Å². The molecule has 1 aliphatic heterocycles. The van der Waals surface area contributed by atoms with Crippen LogP contribution in [0.15, 0.2) is 66.9 Å². The van der Waals surface area contributed by atoms with E-state index in [1.165, 1.54) is 5.56 Å². The molecule has 0 unspecified atom stereocenters. The number of carbonyl (C=O) groups excluding carboxylic acids is 2. The molecule has 1 aliphatic rings. The highest BCUT2D eigenvalue weighted by Gasteiger charge is 2.30. The summed E-state index contributed by atoms with van der Waals surface area (Å²) in [5.74, 6) is 0.485. The van der Waals surface area contributed by atoms with Gasteiger partial charge in [-0.25, -0.2) is 4.98 Å². The van der Waals surface area contributed by atoms with Gasteiger partial charge in [-0.05, 0) is 43.7 Å². The number of aromatic nitrogens is 3. The van der Waals surface area contributed by atoms with E-state index in [1.807, 2.05) is 37.3 Å². The summed E-state index contributed by atoms with van der Waals surface area (Å²) >= 11 is 0. The Hall–Kier alpha value is -4.13. The lowest BCUT2D eigenvalue weighted by Crippen LogP contribution is -2.39. The summed E-state index contributed by atoms with van der Waals surface area (Å²) in [5, 5.41) is 2.97. The molecule has 0 saturated heterocycles. The van der Waals surface area contributed by atoms with Crippen molar-refractivity contribution in [2.45, 2.75) is 33.4 Å². The summed E-state index contributed by atoms with van der Waals surface area (Å²) in [4.78, 5) is 35.8. The lowest BCUT2D eigenvalue weighted by atomic mass is 10.1. The van der Waals surface area contributed by atoms with Crippen molar-refractivity contribution in [3.8, 4) is 0 Å². The Balaban J connectivity index is 1.47. The summed E-state index contributed by atoms with van der Waals surface area (Å²) in [7, 11) is 0. The first-order valence-electron chi connectivity index (χ1n) is 11.4. The molecule has 7 heteroatoms. The minimum absolute atomic E-state index is 0.0811. The zero-order chi connectivity index (χ0) is 23.7. The van der Waals surface area contributed by atoms with E-state index in [2.05, 4.69) is 46.1 Å². The van der Waals surface area contributed by atoms with Crippen molar-refractivity contribution in [1.82, 2.24) is 19.4 Å². The van der Waals surface area contributed by atoms with Crippen LogP contribution in [0.1, 0.15) is 49.2 Å². The van der Waals surface area contributed by atoms with Crippen molar-refractivity contribution in [2.75, 3.05) is 11.9 Å². The fourth-order valence-corrected chi connectivity index (χ4v) is 4.28. The minimum atomic E-state index is -0.267. The first-order valence-corrected chi connectivity index (χ1v) is 11.4. The second-order valence-electron chi connectivity index (χ2n) is 8.77. The van der Waals surface area contributed by atoms with E-state index >= 15 is 0 Å². The average molecular weight is 454 g/mol. The molecule has 0 atom stereocenters. The molecule has 34 heavy (non-hydrogen) atoms. The van der Waals surface area contributed by atoms with Gasteiger partial charge in [-0.3, -0.25) is 9.59 Å². The standard InChI is InChI=1S/C27H27N5O2/c1-18-5-9-20(10-6-18)16-24-30-25(26(33)29-21-11-7-19(2)8-12-21)23-17-31(14-15-32(23)24)27(34)22-4-3-13-28-22/h3-13,28H,14-17H2,1-2H3,(H,29,33). The van der Waals surface area contributed by atoms with E-state index in [0.717, 1.165) is 22.6 Å². The smallest absolute Gasteiger partial charge is 0.276 e. The number of benzene rings is 2. The predicted molar refractivity (Wildman–Crippen MR) is 131 cm³/mol. The second kappa shape index (κ2) is 9.02. The highest BCUT2D eigenvalue weighted by molar-refractivity contribution is 6.04. The molecule has 0 bridgehead atoms. The van der Waals surface area contributed by atoms with Crippen LogP contribution in [0.5, 0.6) is 0 Å². The van der Waals surface area contributed by atoms with Crippen LogP contribution in [0.25, 0.3) is 0 Å². The van der Waals surface area contributed by atoms with E-state index in [4.69, 9.17) is 4.98 Å². The van der Waals surface area contributed by atoms with Crippen molar-refractivity contribution in [3.05, 3.63) is 106 Å². The van der Waals surface area contributed by atoms with E-state index < -0.39 is 0 Å². The van der Waals surface area contributed by atoms with Crippen LogP contribution >= 0.6 is 0 Å². The molecule has 3 heterocycles. The van der Waals surface area contributed by atoms with Crippen LogP contribution in [-0.2, 0) is 19.5 Å². The summed E-state index contributed by atoms with van der Waals surface area (Å²) in [6, 6.07) is 19.6. The SMILES string of the molecule is Cc1ccc(Cc2nc(C(=O)Nc3ccc(C)cc3)c3n2CCN(C(=O)c2ccc[nH]2)C3)cc1. The topological polar surface area (TPSA) is 83.0 Å². The van der Waals surface area contributed by atoms with Gasteiger partial charge in [0, 0.05) is 31.4 Å². The molecule has 2 aromatic heterocycles. The Morgan fingerprint density at radius 2 is 1.68 bits per heavy atom. The Morgan fingerprint density at radius 1 is 0.971 bits per heavy atom. The average Bonchev–Trinajstić information content (AvgIpc) is 3.50. The van der Waals surface area contributed by atoms with E-state index in [-0.39, 0.29) is 11.8 Å². The number of imidazole rings is 1. The first kappa shape index (κ1) is 21.7. The molecular weight excluding hydrogens is 426 g/mol. The van der Waals surface area contributed by atoms with Crippen molar-refractivity contribution in [1.29, 1.82) is 0 Å². The number of aromatic amines is 1. The highest BCUT2D eigenvalue weighted by Crippen LogP contribution is 2.24. The third kappa shape index (κ3) is 4.37. The zero-order valence-electron chi connectivity index (χ0n) is 19.3. The number of amides is 2. The molecule has 0 aliphatic carbocycles. The van der Waals surface area contributed by atoms with Gasteiger partial charge in [-0.2, -0.15) is 0 Å². The van der Waals surface area contributed by atoms with Crippen molar-refractivity contribution < 1.29 is 9.59 Å². The second-order valence-corrected chi connectivity index (χ2v) is 8.77. The predicted octanol–water partition coefficient (Wildman–Crippen LogP) is 4.33. The highest BCUT2D eigenvalue weighted by atomic mass is 16.2. The molecule has 0 saturated carbocycles. The quantitative estimate of drug-likeness (QED) is 0.472. The minimum Gasteiger partial charge on any atom is -0.357 e. The number of nitrogens with zero attached hydrogens (tertiary/aromatic N) is 3. The summed E-state index contributed by atoms with van der Waals surface area (Å²) in [6.45, 7) is 5.54. The number of hydrogen-bond acceptors (Lipinski definition) is 3. The molecule has 4 aromatic rings. The summed E-state index contributed by atoms with van der Waals surface area (Å²) < 4.78 is 2.10. The van der Waals surface area contributed by atoms with Crippen molar-refractivity contribution in [3.63, 3.8) is 0 Å². The molecule has 2 N–H and O–H groups in total.